The van der Waals surface area contributed by atoms with Gasteiger partial charge in [0.05, 0.1) is 18.8 Å². The van der Waals surface area contributed by atoms with E-state index >= 15 is 0 Å². The second-order valence-electron chi connectivity index (χ2n) is 5.60. The lowest BCUT2D eigenvalue weighted by atomic mass is 9.98. The van der Waals surface area contributed by atoms with Crippen LogP contribution in [-0.4, -0.2) is 43.3 Å². The van der Waals surface area contributed by atoms with Crippen molar-refractivity contribution in [3.05, 3.63) is 0 Å². The number of hydrogen-bond acceptors (Lipinski definition) is 5. The molecule has 1 saturated heterocycles. The Balaban J connectivity index is 2.62. The highest BCUT2D eigenvalue weighted by molar-refractivity contribution is 5.87. The van der Waals surface area contributed by atoms with Crippen LogP contribution in [0.3, 0.4) is 0 Å². The Morgan fingerprint density at radius 2 is 2.14 bits per heavy atom. The molecule has 0 aromatic carbocycles. The first-order valence-corrected chi connectivity index (χ1v) is 7.83. The molecule has 1 fully saturated rings. The quantitative estimate of drug-likeness (QED) is 0.652. The fraction of sp³-hybridized carbons (Fsp3) is 0.867. The number of nitrogens with one attached hydrogen (secondary N) is 1. The van der Waals surface area contributed by atoms with Crippen molar-refractivity contribution in [2.24, 2.45) is 11.7 Å². The summed E-state index contributed by atoms with van der Waals surface area (Å²) in [6, 6.07) is -1.30. The smallest absolute Gasteiger partial charge is 0.328 e. The molecule has 1 heterocycles. The SMILES string of the molecule is CCOC(=O)C(C[C@H]1CCCO1)NC(=O)[C@@H](N)C(C)CC. The summed E-state index contributed by atoms with van der Waals surface area (Å²) >= 11 is 0. The minimum absolute atomic E-state index is 0.000436. The molecule has 0 saturated carbocycles. The summed E-state index contributed by atoms with van der Waals surface area (Å²) in [6.07, 6.45) is 3.14. The Labute approximate surface area is 126 Å². The minimum Gasteiger partial charge on any atom is -0.464 e. The molecular weight excluding hydrogens is 272 g/mol. The van der Waals surface area contributed by atoms with E-state index in [9.17, 15) is 9.59 Å². The van der Waals surface area contributed by atoms with E-state index in [1.807, 2.05) is 13.8 Å². The number of rotatable bonds is 8. The van der Waals surface area contributed by atoms with Crippen LogP contribution < -0.4 is 11.1 Å². The van der Waals surface area contributed by atoms with Crippen molar-refractivity contribution in [1.82, 2.24) is 5.32 Å². The second-order valence-corrected chi connectivity index (χ2v) is 5.60. The lowest BCUT2D eigenvalue weighted by molar-refractivity contribution is -0.148. The monoisotopic (exact) mass is 300 g/mol. The summed E-state index contributed by atoms with van der Waals surface area (Å²) in [6.45, 7) is 6.64. The molecule has 0 bridgehead atoms. The Kier molecular flexibility index (Phi) is 7.67. The van der Waals surface area contributed by atoms with Gasteiger partial charge in [-0.15, -0.1) is 0 Å². The molecule has 2 unspecified atom stereocenters. The van der Waals surface area contributed by atoms with E-state index in [1.165, 1.54) is 0 Å². The van der Waals surface area contributed by atoms with Crippen LogP contribution in [-0.2, 0) is 19.1 Å². The zero-order valence-corrected chi connectivity index (χ0v) is 13.3. The van der Waals surface area contributed by atoms with E-state index < -0.39 is 18.1 Å². The highest BCUT2D eigenvalue weighted by Gasteiger charge is 2.30. The molecule has 0 aliphatic carbocycles. The molecule has 6 heteroatoms. The predicted molar refractivity (Wildman–Crippen MR) is 79.6 cm³/mol. The van der Waals surface area contributed by atoms with Gasteiger partial charge < -0.3 is 20.5 Å². The zero-order chi connectivity index (χ0) is 15.8. The standard InChI is InChI=1S/C15H28N2O4/c1-4-10(3)13(16)14(18)17-12(15(19)20-5-2)9-11-7-6-8-21-11/h10-13H,4-9,16H2,1-3H3,(H,17,18)/t10?,11-,12?,13+/m1/s1. The first-order chi connectivity index (χ1) is 9.99. The van der Waals surface area contributed by atoms with Crippen molar-refractivity contribution in [2.75, 3.05) is 13.2 Å². The third kappa shape index (κ3) is 5.63. The van der Waals surface area contributed by atoms with Gasteiger partial charge >= 0.3 is 5.97 Å². The molecule has 1 aliphatic heterocycles. The van der Waals surface area contributed by atoms with Crippen LogP contribution in [0.5, 0.6) is 0 Å². The second kappa shape index (κ2) is 9.00. The Morgan fingerprint density at radius 3 is 2.67 bits per heavy atom. The van der Waals surface area contributed by atoms with Gasteiger partial charge in [-0.2, -0.15) is 0 Å². The fourth-order valence-electron chi connectivity index (χ4n) is 2.33. The van der Waals surface area contributed by atoms with Gasteiger partial charge in [0.15, 0.2) is 0 Å². The van der Waals surface area contributed by atoms with Crippen LogP contribution >= 0.6 is 0 Å². The molecule has 0 radical (unpaired) electrons. The Bertz CT molecular complexity index is 343. The number of esters is 1. The van der Waals surface area contributed by atoms with E-state index in [4.69, 9.17) is 15.2 Å². The number of hydrogen-bond donors (Lipinski definition) is 2. The minimum atomic E-state index is -0.685. The maximum absolute atomic E-state index is 12.2. The first-order valence-electron chi connectivity index (χ1n) is 7.83. The maximum Gasteiger partial charge on any atom is 0.328 e. The van der Waals surface area contributed by atoms with Gasteiger partial charge in [-0.25, -0.2) is 4.79 Å². The van der Waals surface area contributed by atoms with Crippen LogP contribution in [0.1, 0.15) is 46.5 Å². The molecule has 1 aliphatic rings. The van der Waals surface area contributed by atoms with Gasteiger partial charge in [-0.1, -0.05) is 20.3 Å². The number of nitrogens with two attached hydrogens (primary N) is 1. The normalized spacial score (nSPS) is 22.4. The van der Waals surface area contributed by atoms with Crippen molar-refractivity contribution in [2.45, 2.75) is 64.6 Å². The largest absolute Gasteiger partial charge is 0.464 e. The van der Waals surface area contributed by atoms with Gasteiger partial charge in [-0.05, 0) is 25.7 Å². The highest BCUT2D eigenvalue weighted by Crippen LogP contribution is 2.18. The number of carbonyl (C=O) groups is 2. The van der Waals surface area contributed by atoms with Crippen LogP contribution in [0.4, 0.5) is 0 Å². The van der Waals surface area contributed by atoms with Crippen LogP contribution in [0, 0.1) is 5.92 Å². The van der Waals surface area contributed by atoms with Crippen molar-refractivity contribution in [3.8, 4) is 0 Å². The van der Waals surface area contributed by atoms with E-state index in [2.05, 4.69) is 5.32 Å². The summed E-state index contributed by atoms with van der Waals surface area (Å²) in [4.78, 5) is 24.1. The van der Waals surface area contributed by atoms with Crippen LogP contribution in [0.2, 0.25) is 0 Å². The van der Waals surface area contributed by atoms with E-state index in [0.29, 0.717) is 13.0 Å². The zero-order valence-electron chi connectivity index (χ0n) is 13.3. The number of amides is 1. The lowest BCUT2D eigenvalue weighted by Crippen LogP contribution is -2.51. The molecule has 0 spiro atoms. The van der Waals surface area contributed by atoms with E-state index in [1.54, 1.807) is 6.92 Å². The summed E-state index contributed by atoms with van der Waals surface area (Å²) < 4.78 is 10.6. The molecule has 1 rings (SSSR count). The van der Waals surface area contributed by atoms with Gasteiger partial charge in [0.2, 0.25) is 5.91 Å². The van der Waals surface area contributed by atoms with Crippen LogP contribution in [0.25, 0.3) is 0 Å². The Morgan fingerprint density at radius 1 is 1.43 bits per heavy atom. The predicted octanol–water partition coefficient (Wildman–Crippen LogP) is 0.977. The molecular formula is C15H28N2O4. The van der Waals surface area contributed by atoms with Gasteiger partial charge in [0.1, 0.15) is 6.04 Å². The fourth-order valence-corrected chi connectivity index (χ4v) is 2.33. The molecule has 0 aromatic rings. The number of ether oxygens (including phenoxy) is 2. The van der Waals surface area contributed by atoms with E-state index in [-0.39, 0.29) is 24.5 Å². The van der Waals surface area contributed by atoms with Crippen molar-refractivity contribution >= 4 is 11.9 Å². The van der Waals surface area contributed by atoms with Gasteiger partial charge in [-0.3, -0.25) is 4.79 Å². The summed E-state index contributed by atoms with van der Waals surface area (Å²) in [5.41, 5.74) is 5.91. The third-order valence-corrected chi connectivity index (χ3v) is 3.97. The average Bonchev–Trinajstić information content (AvgIpc) is 2.98. The number of carbonyl (C=O) groups excluding carboxylic acids is 2. The molecule has 6 nitrogen and oxygen atoms in total. The Hall–Kier alpha value is -1.14. The highest BCUT2D eigenvalue weighted by atomic mass is 16.5. The van der Waals surface area contributed by atoms with Crippen molar-refractivity contribution in [1.29, 1.82) is 0 Å². The molecule has 0 aromatic heterocycles. The third-order valence-electron chi connectivity index (χ3n) is 3.97. The summed E-state index contributed by atoms with van der Waals surface area (Å²) in [7, 11) is 0. The lowest BCUT2D eigenvalue weighted by Gasteiger charge is -2.24. The average molecular weight is 300 g/mol. The topological polar surface area (TPSA) is 90.6 Å². The van der Waals surface area contributed by atoms with Gasteiger partial charge in [0.25, 0.3) is 0 Å². The summed E-state index contributed by atoms with van der Waals surface area (Å²) in [5.74, 6) is -0.659. The van der Waals surface area contributed by atoms with Crippen molar-refractivity contribution in [3.63, 3.8) is 0 Å². The molecule has 1 amide bonds. The molecule has 122 valence electrons. The molecule has 4 atom stereocenters. The molecule has 3 N–H and O–H groups in total. The van der Waals surface area contributed by atoms with Crippen LogP contribution in [0.15, 0.2) is 0 Å². The molecule has 21 heavy (non-hydrogen) atoms. The first kappa shape index (κ1) is 17.9. The van der Waals surface area contributed by atoms with Gasteiger partial charge in [0, 0.05) is 13.0 Å². The van der Waals surface area contributed by atoms with E-state index in [0.717, 1.165) is 19.3 Å². The van der Waals surface area contributed by atoms with Crippen molar-refractivity contribution < 1.29 is 19.1 Å². The maximum atomic E-state index is 12.2. The summed E-state index contributed by atoms with van der Waals surface area (Å²) in [5, 5.41) is 2.72.